The number of hydrogen-bond donors (Lipinski definition) is 0. The third kappa shape index (κ3) is 3.86. The number of ether oxygens (including phenoxy) is 1. The van der Waals surface area contributed by atoms with Crippen LogP contribution in [0.1, 0.15) is 54.5 Å². The molecule has 136 valence electrons. The highest BCUT2D eigenvalue weighted by Crippen LogP contribution is 2.38. The molecule has 0 saturated heterocycles. The van der Waals surface area contributed by atoms with Crippen LogP contribution in [0.25, 0.3) is 0 Å². The fraction of sp³-hybridized carbons (Fsp3) is 0.348. The Morgan fingerprint density at radius 2 is 2.00 bits per heavy atom. The van der Waals surface area contributed by atoms with Crippen molar-refractivity contribution >= 4 is 17.6 Å². The molecule has 0 amide bonds. The van der Waals surface area contributed by atoms with Gasteiger partial charge in [0.25, 0.3) is 0 Å². The molecule has 1 aliphatic carbocycles. The van der Waals surface area contributed by atoms with Crippen molar-refractivity contribution in [1.29, 1.82) is 0 Å². The Kier molecular flexibility index (Phi) is 5.83. The first-order chi connectivity index (χ1) is 12.5. The summed E-state index contributed by atoms with van der Waals surface area (Å²) in [5.41, 5.74) is 4.70. The van der Waals surface area contributed by atoms with Gasteiger partial charge in [0.2, 0.25) is 0 Å². The van der Waals surface area contributed by atoms with Crippen molar-refractivity contribution in [3.05, 3.63) is 82.4 Å². The van der Waals surface area contributed by atoms with Crippen LogP contribution in [0.2, 0.25) is 5.02 Å². The van der Waals surface area contributed by atoms with Gasteiger partial charge in [0.1, 0.15) is 6.10 Å². The van der Waals surface area contributed by atoms with E-state index in [0.717, 1.165) is 30.4 Å². The van der Waals surface area contributed by atoms with Crippen LogP contribution in [-0.4, -0.2) is 5.97 Å². The number of allylic oxidation sites excluding steroid dienone is 1. The van der Waals surface area contributed by atoms with Gasteiger partial charge >= 0.3 is 5.97 Å². The molecule has 0 aromatic heterocycles. The Hall–Kier alpha value is -2.06. The van der Waals surface area contributed by atoms with Crippen LogP contribution in [0, 0.1) is 5.92 Å². The fourth-order valence-electron chi connectivity index (χ4n) is 3.84. The first-order valence-electron chi connectivity index (χ1n) is 9.18. The van der Waals surface area contributed by atoms with Gasteiger partial charge in [-0.05, 0) is 59.6 Å². The number of carbonyl (C=O) groups excluding carboxylic acids is 1. The molecule has 0 N–H and O–H groups in total. The molecule has 0 spiro atoms. The van der Waals surface area contributed by atoms with Gasteiger partial charge in [-0.3, -0.25) is 4.79 Å². The molecule has 26 heavy (non-hydrogen) atoms. The predicted octanol–water partition coefficient (Wildman–Crippen LogP) is 6.04. The average molecular weight is 369 g/mol. The first-order valence-corrected chi connectivity index (χ1v) is 9.56. The Bertz CT molecular complexity index is 792. The highest BCUT2D eigenvalue weighted by atomic mass is 35.5. The lowest BCUT2D eigenvalue weighted by Crippen LogP contribution is -2.22. The molecule has 0 bridgehead atoms. The molecule has 3 rings (SSSR count). The normalized spacial score (nSPS) is 17.0. The summed E-state index contributed by atoms with van der Waals surface area (Å²) in [6, 6.07) is 13.7. The van der Waals surface area contributed by atoms with Crippen molar-refractivity contribution in [2.75, 3.05) is 0 Å². The molecule has 0 fully saturated rings. The molecule has 2 nitrogen and oxygen atoms in total. The maximum absolute atomic E-state index is 13.0. The lowest BCUT2D eigenvalue weighted by Gasteiger charge is -2.23. The minimum Gasteiger partial charge on any atom is -0.457 e. The molecule has 0 saturated carbocycles. The van der Waals surface area contributed by atoms with Crippen LogP contribution in [0.3, 0.4) is 0 Å². The average Bonchev–Trinajstić information content (AvgIpc) is 3.01. The van der Waals surface area contributed by atoms with Gasteiger partial charge in [-0.1, -0.05) is 61.9 Å². The van der Waals surface area contributed by atoms with Crippen LogP contribution >= 0.6 is 11.6 Å². The summed E-state index contributed by atoms with van der Waals surface area (Å²) in [5, 5.41) is 0.670. The molecule has 2 aromatic rings. The maximum atomic E-state index is 13.0. The summed E-state index contributed by atoms with van der Waals surface area (Å²) in [7, 11) is 0. The van der Waals surface area contributed by atoms with Crippen molar-refractivity contribution in [1.82, 2.24) is 0 Å². The predicted molar refractivity (Wildman–Crippen MR) is 107 cm³/mol. The fourth-order valence-corrected chi connectivity index (χ4v) is 3.96. The van der Waals surface area contributed by atoms with Crippen molar-refractivity contribution in [2.45, 2.75) is 45.1 Å². The van der Waals surface area contributed by atoms with Crippen LogP contribution in [0.15, 0.2) is 55.1 Å². The smallest absolute Gasteiger partial charge is 0.314 e. The first kappa shape index (κ1) is 18.7. The molecule has 1 aliphatic rings. The Morgan fingerprint density at radius 1 is 1.27 bits per heavy atom. The second kappa shape index (κ2) is 8.09. The van der Waals surface area contributed by atoms with E-state index in [1.165, 1.54) is 11.1 Å². The topological polar surface area (TPSA) is 26.3 Å². The monoisotopic (exact) mass is 368 g/mol. The molecular formula is C23H25ClO2. The quantitative estimate of drug-likeness (QED) is 0.459. The van der Waals surface area contributed by atoms with E-state index in [1.54, 1.807) is 0 Å². The number of fused-ring (bicyclic) bond motifs is 1. The SMILES string of the molecule is C=CCc1cccc2c1CCC2OC(=O)C(c1ccc(Cl)cc1)C(C)C. The highest BCUT2D eigenvalue weighted by molar-refractivity contribution is 6.30. The third-order valence-corrected chi connectivity index (χ3v) is 5.34. The number of hydrogen-bond acceptors (Lipinski definition) is 2. The van der Waals surface area contributed by atoms with Crippen LogP contribution < -0.4 is 0 Å². The number of carbonyl (C=O) groups is 1. The number of rotatable bonds is 6. The van der Waals surface area contributed by atoms with Crippen LogP contribution in [0.5, 0.6) is 0 Å². The van der Waals surface area contributed by atoms with Gasteiger partial charge in [0.15, 0.2) is 0 Å². The molecule has 2 unspecified atom stereocenters. The number of halogens is 1. The van der Waals surface area contributed by atoms with E-state index < -0.39 is 0 Å². The van der Waals surface area contributed by atoms with Gasteiger partial charge in [-0.15, -0.1) is 6.58 Å². The summed E-state index contributed by atoms with van der Waals surface area (Å²) in [6.07, 6.45) is 4.41. The molecule has 2 atom stereocenters. The lowest BCUT2D eigenvalue weighted by molar-refractivity contribution is -0.152. The minimum atomic E-state index is -0.285. The molecule has 0 aliphatic heterocycles. The maximum Gasteiger partial charge on any atom is 0.314 e. The van der Waals surface area contributed by atoms with Gasteiger partial charge in [0.05, 0.1) is 5.92 Å². The molecular weight excluding hydrogens is 344 g/mol. The standard InChI is InChI=1S/C23H25ClO2/c1-4-6-16-7-5-8-20-19(16)13-14-21(20)26-23(25)22(15(2)3)17-9-11-18(24)12-10-17/h4-5,7-12,15,21-22H,1,6,13-14H2,2-3H3. The van der Waals surface area contributed by atoms with E-state index in [9.17, 15) is 4.79 Å². The van der Waals surface area contributed by atoms with Crippen molar-refractivity contribution in [3.63, 3.8) is 0 Å². The number of esters is 1. The van der Waals surface area contributed by atoms with Crippen molar-refractivity contribution < 1.29 is 9.53 Å². The van der Waals surface area contributed by atoms with E-state index in [4.69, 9.17) is 16.3 Å². The largest absolute Gasteiger partial charge is 0.457 e. The summed E-state index contributed by atoms with van der Waals surface area (Å²) in [6.45, 7) is 7.93. The van der Waals surface area contributed by atoms with E-state index in [0.29, 0.717) is 5.02 Å². The third-order valence-electron chi connectivity index (χ3n) is 5.09. The zero-order valence-corrected chi connectivity index (χ0v) is 16.1. The summed E-state index contributed by atoms with van der Waals surface area (Å²) >= 11 is 5.99. The second-order valence-electron chi connectivity index (χ2n) is 7.22. The molecule has 0 radical (unpaired) electrons. The number of benzene rings is 2. The zero-order valence-electron chi connectivity index (χ0n) is 15.4. The van der Waals surface area contributed by atoms with E-state index in [1.807, 2.05) is 50.3 Å². The highest BCUT2D eigenvalue weighted by Gasteiger charge is 2.32. The van der Waals surface area contributed by atoms with Crippen LogP contribution in [0.4, 0.5) is 0 Å². The minimum absolute atomic E-state index is 0.150. The van der Waals surface area contributed by atoms with Gasteiger partial charge in [-0.25, -0.2) is 0 Å². The molecule has 2 aromatic carbocycles. The Labute approximate surface area is 160 Å². The zero-order chi connectivity index (χ0) is 18.7. The van der Waals surface area contributed by atoms with E-state index in [2.05, 4.69) is 18.7 Å². The van der Waals surface area contributed by atoms with E-state index in [-0.39, 0.29) is 23.9 Å². The summed E-state index contributed by atoms with van der Waals surface area (Å²) in [4.78, 5) is 13.0. The van der Waals surface area contributed by atoms with Gasteiger partial charge < -0.3 is 4.74 Å². The second-order valence-corrected chi connectivity index (χ2v) is 7.65. The van der Waals surface area contributed by atoms with Crippen molar-refractivity contribution in [2.24, 2.45) is 5.92 Å². The lowest BCUT2D eigenvalue weighted by atomic mass is 9.88. The molecule has 3 heteroatoms. The molecule has 0 heterocycles. The van der Waals surface area contributed by atoms with Gasteiger partial charge in [-0.2, -0.15) is 0 Å². The summed E-state index contributed by atoms with van der Waals surface area (Å²) < 4.78 is 5.98. The van der Waals surface area contributed by atoms with Crippen LogP contribution in [-0.2, 0) is 22.4 Å². The summed E-state index contributed by atoms with van der Waals surface area (Å²) in [5.74, 6) is -0.293. The van der Waals surface area contributed by atoms with Gasteiger partial charge in [0, 0.05) is 5.02 Å². The Morgan fingerprint density at radius 3 is 2.65 bits per heavy atom. The Balaban J connectivity index is 1.81. The van der Waals surface area contributed by atoms with Crippen molar-refractivity contribution in [3.8, 4) is 0 Å². The van der Waals surface area contributed by atoms with E-state index >= 15 is 0 Å².